The molecule has 9 nitrogen and oxygen atoms in total. The highest BCUT2D eigenvalue weighted by atomic mass is 16.4. The summed E-state index contributed by atoms with van der Waals surface area (Å²) in [5.41, 5.74) is 2.42. The lowest BCUT2D eigenvalue weighted by atomic mass is 9.97. The summed E-state index contributed by atoms with van der Waals surface area (Å²) in [4.78, 5) is 25.7. The van der Waals surface area contributed by atoms with Crippen LogP contribution in [0.3, 0.4) is 0 Å². The molecule has 4 rings (SSSR count). The van der Waals surface area contributed by atoms with Gasteiger partial charge in [0.2, 0.25) is 11.8 Å². The number of carbonyl (C=O) groups is 1. The van der Waals surface area contributed by atoms with Gasteiger partial charge in [-0.3, -0.25) is 4.79 Å². The highest BCUT2D eigenvalue weighted by Gasteiger charge is 2.28. The Morgan fingerprint density at radius 2 is 2.15 bits per heavy atom. The topological polar surface area (TPSA) is 110 Å². The van der Waals surface area contributed by atoms with E-state index in [4.69, 9.17) is 4.42 Å². The highest BCUT2D eigenvalue weighted by molar-refractivity contribution is 5.78. The van der Waals surface area contributed by atoms with Gasteiger partial charge >= 0.3 is 5.76 Å². The molecule has 1 fully saturated rings. The van der Waals surface area contributed by atoms with Crippen LogP contribution in [0.25, 0.3) is 5.69 Å². The maximum Gasteiger partial charge on any atom is 0.434 e. The number of benzene rings is 1. The van der Waals surface area contributed by atoms with Crippen LogP contribution in [-0.4, -0.2) is 49.1 Å². The summed E-state index contributed by atoms with van der Waals surface area (Å²) in [6.45, 7) is 3.07. The summed E-state index contributed by atoms with van der Waals surface area (Å²) >= 11 is 0. The van der Waals surface area contributed by atoms with E-state index in [0.717, 1.165) is 24.2 Å². The number of likely N-dealkylation sites (tertiary alicyclic amines) is 1. The lowest BCUT2D eigenvalue weighted by Gasteiger charge is -2.31. The Hall–Kier alpha value is -3.23. The van der Waals surface area contributed by atoms with Crippen molar-refractivity contribution in [1.29, 1.82) is 0 Å². The number of nitrogens with one attached hydrogen (secondary N) is 1. The predicted molar refractivity (Wildman–Crippen MR) is 95.5 cm³/mol. The number of hydrogen-bond acceptors (Lipinski definition) is 6. The summed E-state index contributed by atoms with van der Waals surface area (Å²) < 4.78 is 6.79. The fourth-order valence-electron chi connectivity index (χ4n) is 3.41. The number of para-hydroxylation sites is 1. The first-order chi connectivity index (χ1) is 13.1. The molecule has 9 heteroatoms. The summed E-state index contributed by atoms with van der Waals surface area (Å²) in [6, 6.07) is 9.69. The molecule has 1 N–H and O–H groups in total. The van der Waals surface area contributed by atoms with Crippen LogP contribution in [0.15, 0.2) is 39.5 Å². The zero-order valence-corrected chi connectivity index (χ0v) is 15.0. The van der Waals surface area contributed by atoms with Gasteiger partial charge < -0.3 is 9.32 Å². The molecule has 0 radical (unpaired) electrons. The number of aromatic amines is 1. The number of rotatable bonds is 4. The number of nitrogens with zero attached hydrogens (tertiary/aromatic N) is 5. The summed E-state index contributed by atoms with van der Waals surface area (Å²) in [5, 5.41) is 14.6. The van der Waals surface area contributed by atoms with Gasteiger partial charge in [0.15, 0.2) is 0 Å². The van der Waals surface area contributed by atoms with E-state index in [0.29, 0.717) is 24.7 Å². The maximum absolute atomic E-state index is 12.8. The first kappa shape index (κ1) is 17.2. The van der Waals surface area contributed by atoms with Crippen LogP contribution in [0, 0.1) is 6.92 Å². The number of aromatic nitrogens is 5. The molecule has 27 heavy (non-hydrogen) atoms. The van der Waals surface area contributed by atoms with Crippen molar-refractivity contribution in [2.24, 2.45) is 0 Å². The van der Waals surface area contributed by atoms with Crippen molar-refractivity contribution in [2.45, 2.75) is 32.1 Å². The largest absolute Gasteiger partial charge is 0.434 e. The SMILES string of the molecule is Cc1c(CC(=O)N2CCCC(c3n[nH]c(=O)o3)C2)nnn1-c1ccccc1. The van der Waals surface area contributed by atoms with E-state index in [9.17, 15) is 9.59 Å². The second kappa shape index (κ2) is 7.18. The van der Waals surface area contributed by atoms with Crippen LogP contribution in [0.2, 0.25) is 0 Å². The second-order valence-electron chi connectivity index (χ2n) is 6.68. The Labute approximate surface area is 155 Å². The molecule has 1 aliphatic rings. The van der Waals surface area contributed by atoms with Crippen LogP contribution in [0.1, 0.15) is 36.0 Å². The van der Waals surface area contributed by atoms with Gasteiger partial charge in [0.25, 0.3) is 0 Å². The molecule has 0 spiro atoms. The molecule has 0 bridgehead atoms. The summed E-state index contributed by atoms with van der Waals surface area (Å²) in [7, 11) is 0. The molecule has 3 heterocycles. The van der Waals surface area contributed by atoms with Gasteiger partial charge in [-0.05, 0) is 31.9 Å². The second-order valence-corrected chi connectivity index (χ2v) is 6.68. The van der Waals surface area contributed by atoms with Gasteiger partial charge in [0.1, 0.15) is 0 Å². The molecular weight excluding hydrogens is 348 g/mol. The van der Waals surface area contributed by atoms with Gasteiger partial charge in [-0.25, -0.2) is 14.6 Å². The molecule has 1 aromatic carbocycles. The third kappa shape index (κ3) is 3.53. The van der Waals surface area contributed by atoms with Gasteiger partial charge in [0.05, 0.1) is 29.4 Å². The van der Waals surface area contributed by atoms with E-state index in [1.807, 2.05) is 37.3 Å². The molecule has 1 unspecified atom stereocenters. The van der Waals surface area contributed by atoms with Crippen LogP contribution in [0.4, 0.5) is 0 Å². The molecule has 1 aliphatic heterocycles. The van der Waals surface area contributed by atoms with Gasteiger partial charge in [-0.15, -0.1) is 10.2 Å². The Morgan fingerprint density at radius 1 is 1.33 bits per heavy atom. The van der Waals surface area contributed by atoms with Gasteiger partial charge in [-0.2, -0.15) is 0 Å². The number of hydrogen-bond donors (Lipinski definition) is 1. The minimum absolute atomic E-state index is 0.0132. The van der Waals surface area contributed by atoms with E-state index in [-0.39, 0.29) is 18.2 Å². The quantitative estimate of drug-likeness (QED) is 0.741. The van der Waals surface area contributed by atoms with Crippen molar-refractivity contribution in [3.63, 3.8) is 0 Å². The van der Waals surface area contributed by atoms with Crippen LogP contribution >= 0.6 is 0 Å². The van der Waals surface area contributed by atoms with E-state index < -0.39 is 5.76 Å². The number of amides is 1. The van der Waals surface area contributed by atoms with E-state index in [1.54, 1.807) is 9.58 Å². The minimum Gasteiger partial charge on any atom is -0.392 e. The summed E-state index contributed by atoms with van der Waals surface area (Å²) in [6.07, 6.45) is 1.86. The lowest BCUT2D eigenvalue weighted by Crippen LogP contribution is -2.40. The molecule has 2 aromatic heterocycles. The fourth-order valence-corrected chi connectivity index (χ4v) is 3.41. The zero-order chi connectivity index (χ0) is 18.8. The van der Waals surface area contributed by atoms with Gasteiger partial charge in [-0.1, -0.05) is 23.4 Å². The Bertz CT molecular complexity index is 990. The highest BCUT2D eigenvalue weighted by Crippen LogP contribution is 2.25. The predicted octanol–water partition coefficient (Wildman–Crippen LogP) is 1.20. The first-order valence-corrected chi connectivity index (χ1v) is 8.91. The number of H-pyrrole nitrogens is 1. The van der Waals surface area contributed by atoms with Crippen molar-refractivity contribution < 1.29 is 9.21 Å². The van der Waals surface area contributed by atoms with Crippen molar-refractivity contribution in [1.82, 2.24) is 30.1 Å². The number of piperidine rings is 1. The van der Waals surface area contributed by atoms with E-state index in [1.165, 1.54) is 0 Å². The Morgan fingerprint density at radius 3 is 2.89 bits per heavy atom. The molecule has 1 saturated heterocycles. The molecule has 1 amide bonds. The fraction of sp³-hybridized carbons (Fsp3) is 0.389. The Kier molecular flexibility index (Phi) is 4.57. The molecule has 140 valence electrons. The number of carbonyl (C=O) groups excluding carboxylic acids is 1. The van der Waals surface area contributed by atoms with E-state index >= 15 is 0 Å². The van der Waals surface area contributed by atoms with Gasteiger partial charge in [0, 0.05) is 13.1 Å². The van der Waals surface area contributed by atoms with Crippen LogP contribution in [0.5, 0.6) is 0 Å². The van der Waals surface area contributed by atoms with Crippen molar-refractivity contribution in [3.05, 3.63) is 58.2 Å². The van der Waals surface area contributed by atoms with Crippen LogP contribution in [-0.2, 0) is 11.2 Å². The lowest BCUT2D eigenvalue weighted by molar-refractivity contribution is -0.131. The molecule has 0 saturated carbocycles. The van der Waals surface area contributed by atoms with Crippen molar-refractivity contribution >= 4 is 5.91 Å². The molecule has 1 atom stereocenters. The van der Waals surface area contributed by atoms with Crippen molar-refractivity contribution in [2.75, 3.05) is 13.1 Å². The first-order valence-electron chi connectivity index (χ1n) is 8.91. The average molecular weight is 368 g/mol. The minimum atomic E-state index is -0.568. The van der Waals surface area contributed by atoms with E-state index in [2.05, 4.69) is 20.5 Å². The molecule has 3 aromatic rings. The maximum atomic E-state index is 12.8. The third-order valence-corrected chi connectivity index (χ3v) is 4.89. The standard InChI is InChI=1S/C18H20N6O3/c1-12-15(19-22-24(12)14-7-3-2-4-8-14)10-16(25)23-9-5-6-13(11-23)17-20-21-18(26)27-17/h2-4,7-8,13H,5-6,9-11H2,1H3,(H,21,26). The van der Waals surface area contributed by atoms with Crippen LogP contribution < -0.4 is 5.76 Å². The Balaban J connectivity index is 1.46. The zero-order valence-electron chi connectivity index (χ0n) is 15.0. The monoisotopic (exact) mass is 368 g/mol. The van der Waals surface area contributed by atoms with Crippen molar-refractivity contribution in [3.8, 4) is 5.69 Å². The normalized spacial score (nSPS) is 17.2. The molecular formula is C18H20N6O3. The third-order valence-electron chi connectivity index (χ3n) is 4.89. The molecule has 0 aliphatic carbocycles. The summed E-state index contributed by atoms with van der Waals surface area (Å²) in [5.74, 6) is -0.283. The smallest absolute Gasteiger partial charge is 0.392 e. The average Bonchev–Trinajstić information content (AvgIpc) is 3.29.